The van der Waals surface area contributed by atoms with Gasteiger partial charge in [-0.15, -0.1) is 0 Å². The molecule has 2 fully saturated rings. The molecule has 1 aliphatic carbocycles. The molecule has 3 nitrogen and oxygen atoms in total. The maximum Gasteiger partial charge on any atom is 0.407 e. The largest absolute Gasteiger partial charge is 0.465 e. The molecule has 0 bridgehead atoms. The number of nitrogens with zero attached hydrogens (tertiary/aromatic N) is 1. The second kappa shape index (κ2) is 1.95. The smallest absolute Gasteiger partial charge is 0.407 e. The van der Waals surface area contributed by atoms with Crippen LogP contribution in [0.1, 0.15) is 26.7 Å². The van der Waals surface area contributed by atoms with E-state index in [1.165, 1.54) is 17.7 Å². The summed E-state index contributed by atoms with van der Waals surface area (Å²) in [5.74, 6) is 0. The minimum absolute atomic E-state index is 0.377. The van der Waals surface area contributed by atoms with Crippen LogP contribution < -0.4 is 0 Å². The third kappa shape index (κ3) is 0.993. The van der Waals surface area contributed by atoms with Gasteiger partial charge in [-0.05, 0) is 18.3 Å². The van der Waals surface area contributed by atoms with Crippen LogP contribution in [0.15, 0.2) is 0 Å². The molecule has 0 aromatic rings. The summed E-state index contributed by atoms with van der Waals surface area (Å²) < 4.78 is 0. The summed E-state index contributed by atoms with van der Waals surface area (Å²) in [6.07, 6.45) is 1.64. The zero-order valence-corrected chi connectivity index (χ0v) is 7.63. The van der Waals surface area contributed by atoms with Crippen molar-refractivity contribution in [1.82, 2.24) is 4.90 Å². The Balaban J connectivity index is 1.87. The number of amides is 1. The molecule has 1 aliphatic heterocycles. The van der Waals surface area contributed by atoms with Crippen molar-refractivity contribution in [3.05, 3.63) is 0 Å². The first-order valence-corrected chi connectivity index (χ1v) is 4.41. The average Bonchev–Trinajstić information content (AvgIpc) is 1.75. The summed E-state index contributed by atoms with van der Waals surface area (Å²) in [6.45, 7) is 6.04. The molecule has 12 heavy (non-hydrogen) atoms. The summed E-state index contributed by atoms with van der Waals surface area (Å²) >= 11 is 0. The first-order valence-electron chi connectivity index (χ1n) is 4.41. The SMILES string of the molecule is CC1(C)CC2(CN(C(=O)O)C2)C1. The summed E-state index contributed by atoms with van der Waals surface area (Å²) in [4.78, 5) is 12.0. The second-order valence-corrected chi connectivity index (χ2v) is 5.16. The molecule has 0 atom stereocenters. The van der Waals surface area contributed by atoms with Crippen LogP contribution in [0.2, 0.25) is 0 Å². The van der Waals surface area contributed by atoms with Crippen LogP contribution in [0, 0.1) is 10.8 Å². The van der Waals surface area contributed by atoms with E-state index in [0.29, 0.717) is 10.8 Å². The Labute approximate surface area is 72.4 Å². The highest BCUT2D eigenvalue weighted by Crippen LogP contribution is 2.58. The maximum absolute atomic E-state index is 10.5. The molecular formula is C9H15NO2. The van der Waals surface area contributed by atoms with Gasteiger partial charge >= 0.3 is 6.09 Å². The molecule has 0 aromatic heterocycles. The highest BCUT2D eigenvalue weighted by Gasteiger charge is 2.56. The lowest BCUT2D eigenvalue weighted by Gasteiger charge is -2.62. The number of carboxylic acid groups (broad SMARTS) is 1. The van der Waals surface area contributed by atoms with Crippen LogP contribution in [-0.2, 0) is 0 Å². The minimum atomic E-state index is -0.759. The Bertz CT molecular complexity index is 219. The van der Waals surface area contributed by atoms with E-state index in [-0.39, 0.29) is 0 Å². The first-order chi connectivity index (χ1) is 5.43. The monoisotopic (exact) mass is 169 g/mol. The molecule has 1 spiro atoms. The quantitative estimate of drug-likeness (QED) is 0.600. The number of carbonyl (C=O) groups is 1. The molecule has 1 heterocycles. The molecule has 1 saturated carbocycles. The molecule has 2 aliphatic rings. The van der Waals surface area contributed by atoms with Crippen molar-refractivity contribution in [2.45, 2.75) is 26.7 Å². The van der Waals surface area contributed by atoms with E-state index < -0.39 is 6.09 Å². The Hall–Kier alpha value is -0.730. The predicted octanol–water partition coefficient (Wildman–Crippen LogP) is 1.79. The first kappa shape index (κ1) is 7.90. The molecule has 1 saturated heterocycles. The fourth-order valence-corrected chi connectivity index (χ4v) is 3.10. The van der Waals surface area contributed by atoms with E-state index in [0.717, 1.165) is 13.1 Å². The van der Waals surface area contributed by atoms with E-state index in [9.17, 15) is 4.79 Å². The van der Waals surface area contributed by atoms with Crippen LogP contribution in [0.5, 0.6) is 0 Å². The summed E-state index contributed by atoms with van der Waals surface area (Å²) in [7, 11) is 0. The van der Waals surface area contributed by atoms with Crippen molar-refractivity contribution >= 4 is 6.09 Å². The van der Waals surface area contributed by atoms with E-state index >= 15 is 0 Å². The fraction of sp³-hybridized carbons (Fsp3) is 0.889. The van der Waals surface area contributed by atoms with Crippen LogP contribution >= 0.6 is 0 Å². The van der Waals surface area contributed by atoms with Gasteiger partial charge in [0.15, 0.2) is 0 Å². The molecule has 2 rings (SSSR count). The van der Waals surface area contributed by atoms with Gasteiger partial charge in [0.1, 0.15) is 0 Å². The van der Waals surface area contributed by atoms with Crippen molar-refractivity contribution in [1.29, 1.82) is 0 Å². The maximum atomic E-state index is 10.5. The van der Waals surface area contributed by atoms with E-state index in [2.05, 4.69) is 13.8 Å². The van der Waals surface area contributed by atoms with Gasteiger partial charge in [-0.2, -0.15) is 0 Å². The lowest BCUT2D eigenvalue weighted by molar-refractivity contribution is -0.115. The van der Waals surface area contributed by atoms with E-state index in [1.54, 1.807) is 0 Å². The van der Waals surface area contributed by atoms with Crippen LogP contribution in [0.25, 0.3) is 0 Å². The average molecular weight is 169 g/mol. The van der Waals surface area contributed by atoms with E-state index in [1.807, 2.05) is 0 Å². The van der Waals surface area contributed by atoms with Crippen molar-refractivity contribution in [2.24, 2.45) is 10.8 Å². The number of hydrogen-bond donors (Lipinski definition) is 1. The predicted molar refractivity (Wildman–Crippen MR) is 45.0 cm³/mol. The highest BCUT2D eigenvalue weighted by molar-refractivity contribution is 5.66. The standard InChI is InChI=1S/C9H15NO2/c1-8(2)3-9(4-8)5-10(6-9)7(11)12/h3-6H2,1-2H3,(H,11,12). The van der Waals surface area contributed by atoms with Crippen LogP contribution in [0.3, 0.4) is 0 Å². The highest BCUT2D eigenvalue weighted by atomic mass is 16.4. The molecule has 0 unspecified atom stereocenters. The number of hydrogen-bond acceptors (Lipinski definition) is 1. The van der Waals surface area contributed by atoms with Gasteiger partial charge < -0.3 is 10.0 Å². The Morgan fingerprint density at radius 2 is 1.83 bits per heavy atom. The molecule has 68 valence electrons. The summed E-state index contributed by atoms with van der Waals surface area (Å²) in [5, 5.41) is 8.64. The van der Waals surface area contributed by atoms with Gasteiger partial charge in [-0.25, -0.2) is 4.79 Å². The van der Waals surface area contributed by atoms with Gasteiger partial charge in [0.2, 0.25) is 0 Å². The van der Waals surface area contributed by atoms with Gasteiger partial charge in [-0.1, -0.05) is 13.8 Å². The lowest BCUT2D eigenvalue weighted by Crippen LogP contribution is -2.65. The van der Waals surface area contributed by atoms with Crippen molar-refractivity contribution in [3.63, 3.8) is 0 Å². The van der Waals surface area contributed by atoms with Crippen LogP contribution in [0.4, 0.5) is 4.79 Å². The van der Waals surface area contributed by atoms with Gasteiger partial charge in [0, 0.05) is 18.5 Å². The van der Waals surface area contributed by atoms with Gasteiger partial charge in [0.25, 0.3) is 0 Å². The normalized spacial score (nSPS) is 29.3. The van der Waals surface area contributed by atoms with Crippen molar-refractivity contribution in [2.75, 3.05) is 13.1 Å². The second-order valence-electron chi connectivity index (χ2n) is 5.16. The van der Waals surface area contributed by atoms with Gasteiger partial charge in [-0.3, -0.25) is 0 Å². The lowest BCUT2D eigenvalue weighted by atomic mass is 9.51. The Kier molecular flexibility index (Phi) is 1.28. The molecule has 0 aromatic carbocycles. The zero-order valence-electron chi connectivity index (χ0n) is 7.63. The van der Waals surface area contributed by atoms with Crippen molar-refractivity contribution in [3.8, 4) is 0 Å². The molecule has 3 heteroatoms. The molecular weight excluding hydrogens is 154 g/mol. The van der Waals surface area contributed by atoms with E-state index in [4.69, 9.17) is 5.11 Å². The summed E-state index contributed by atoms with van der Waals surface area (Å²) in [6, 6.07) is 0. The topological polar surface area (TPSA) is 40.5 Å². The Morgan fingerprint density at radius 1 is 1.33 bits per heavy atom. The molecule has 1 amide bonds. The number of rotatable bonds is 0. The Morgan fingerprint density at radius 3 is 2.17 bits per heavy atom. The minimum Gasteiger partial charge on any atom is -0.465 e. The van der Waals surface area contributed by atoms with Gasteiger partial charge in [0.05, 0.1) is 0 Å². The zero-order chi connectivity index (χ0) is 8.98. The fourth-order valence-electron chi connectivity index (χ4n) is 3.10. The third-order valence-electron chi connectivity index (χ3n) is 3.03. The third-order valence-corrected chi connectivity index (χ3v) is 3.03. The molecule has 0 radical (unpaired) electrons. The number of likely N-dealkylation sites (tertiary alicyclic amines) is 1. The van der Waals surface area contributed by atoms with Crippen molar-refractivity contribution < 1.29 is 9.90 Å². The molecule has 1 N–H and O–H groups in total. The summed E-state index contributed by atoms with van der Waals surface area (Å²) in [5.41, 5.74) is 0.840. The van der Waals surface area contributed by atoms with Crippen LogP contribution in [-0.4, -0.2) is 29.2 Å².